The molecule has 1 aromatic heterocycles. The first-order valence-corrected chi connectivity index (χ1v) is 12.0. The number of nitrogens with zero attached hydrogens (tertiary/aromatic N) is 3. The SMILES string of the molecule is CCc1nnc(NC(=O)[C@H]2CCC(=O)N(c3ccc(C)cc3)[C@@H]2c2ccc(OC)c(OC)c2)s1. The third-order valence-corrected chi connectivity index (χ3v) is 6.98. The van der Waals surface area contributed by atoms with E-state index in [1.807, 2.05) is 50.2 Å². The Bertz CT molecular complexity index is 1180. The number of rotatable bonds is 7. The van der Waals surface area contributed by atoms with Crippen LogP contribution in [0.5, 0.6) is 11.5 Å². The number of carbonyl (C=O) groups excluding carboxylic acids is 2. The molecular formula is C25H28N4O4S. The first kappa shape index (κ1) is 23.7. The molecule has 34 heavy (non-hydrogen) atoms. The van der Waals surface area contributed by atoms with Crippen LogP contribution in [0.25, 0.3) is 0 Å². The lowest BCUT2D eigenvalue weighted by Gasteiger charge is -2.41. The molecule has 1 saturated heterocycles. The Kier molecular flexibility index (Phi) is 7.12. The van der Waals surface area contributed by atoms with Crippen molar-refractivity contribution >= 4 is 34.0 Å². The van der Waals surface area contributed by atoms with Crippen molar-refractivity contribution in [3.8, 4) is 11.5 Å². The fourth-order valence-electron chi connectivity index (χ4n) is 4.24. The Morgan fingerprint density at radius 3 is 2.50 bits per heavy atom. The molecule has 1 aliphatic rings. The maximum atomic E-state index is 13.5. The summed E-state index contributed by atoms with van der Waals surface area (Å²) >= 11 is 1.36. The molecule has 8 nitrogen and oxygen atoms in total. The largest absolute Gasteiger partial charge is 0.493 e. The number of methoxy groups -OCH3 is 2. The van der Waals surface area contributed by atoms with Gasteiger partial charge in [0.05, 0.1) is 26.2 Å². The number of anilines is 2. The maximum absolute atomic E-state index is 13.5. The molecule has 2 amide bonds. The number of ether oxygens (including phenoxy) is 2. The summed E-state index contributed by atoms with van der Waals surface area (Å²) in [5.41, 5.74) is 2.63. The second kappa shape index (κ2) is 10.2. The molecule has 0 spiro atoms. The first-order chi connectivity index (χ1) is 16.4. The zero-order valence-electron chi connectivity index (χ0n) is 19.7. The Hall–Kier alpha value is -3.46. The Labute approximate surface area is 202 Å². The van der Waals surface area contributed by atoms with Gasteiger partial charge in [0.15, 0.2) is 11.5 Å². The van der Waals surface area contributed by atoms with Crippen LogP contribution in [0.3, 0.4) is 0 Å². The summed E-state index contributed by atoms with van der Waals surface area (Å²) in [5, 5.41) is 12.4. The normalized spacial score (nSPS) is 18.0. The molecule has 3 aromatic rings. The molecule has 1 aliphatic heterocycles. The van der Waals surface area contributed by atoms with Crippen molar-refractivity contribution in [1.29, 1.82) is 0 Å². The van der Waals surface area contributed by atoms with E-state index in [4.69, 9.17) is 9.47 Å². The van der Waals surface area contributed by atoms with Gasteiger partial charge in [0.2, 0.25) is 16.9 Å². The van der Waals surface area contributed by atoms with E-state index >= 15 is 0 Å². The summed E-state index contributed by atoms with van der Waals surface area (Å²) in [4.78, 5) is 28.5. The summed E-state index contributed by atoms with van der Waals surface area (Å²) in [6.07, 6.45) is 1.44. The van der Waals surface area contributed by atoms with E-state index in [-0.39, 0.29) is 18.2 Å². The monoisotopic (exact) mass is 480 g/mol. The van der Waals surface area contributed by atoms with Crippen LogP contribution >= 0.6 is 11.3 Å². The van der Waals surface area contributed by atoms with Crippen LogP contribution in [0.4, 0.5) is 10.8 Å². The van der Waals surface area contributed by atoms with Crippen molar-refractivity contribution in [1.82, 2.24) is 10.2 Å². The first-order valence-electron chi connectivity index (χ1n) is 11.2. The molecule has 0 unspecified atom stereocenters. The topological polar surface area (TPSA) is 93.7 Å². The number of aromatic nitrogens is 2. The second-order valence-corrected chi connectivity index (χ2v) is 9.21. The van der Waals surface area contributed by atoms with Crippen LogP contribution in [-0.2, 0) is 16.0 Å². The highest BCUT2D eigenvalue weighted by Crippen LogP contribution is 2.43. The number of nitrogens with one attached hydrogen (secondary N) is 1. The predicted octanol–water partition coefficient (Wildman–Crippen LogP) is 4.55. The van der Waals surface area contributed by atoms with Crippen LogP contribution < -0.4 is 19.7 Å². The zero-order valence-corrected chi connectivity index (χ0v) is 20.5. The van der Waals surface area contributed by atoms with Gasteiger partial charge < -0.3 is 19.7 Å². The molecular weight excluding hydrogens is 452 g/mol. The Balaban J connectivity index is 1.76. The standard InChI is InChI=1S/C25H28N4O4S/c1-5-21-27-28-25(34-21)26-24(31)18-11-13-22(30)29(17-9-6-15(2)7-10-17)23(18)16-8-12-19(32-3)20(14-16)33-4/h6-10,12,14,18,23H,5,11,13H2,1-4H3,(H,26,28,31)/t18-,23+/m0/s1. The number of amides is 2. The number of benzene rings is 2. The van der Waals surface area contributed by atoms with Gasteiger partial charge >= 0.3 is 0 Å². The summed E-state index contributed by atoms with van der Waals surface area (Å²) in [6, 6.07) is 12.8. The molecule has 178 valence electrons. The van der Waals surface area contributed by atoms with Gasteiger partial charge in [-0.25, -0.2) is 0 Å². The number of aryl methyl sites for hydroxylation is 2. The molecule has 0 aliphatic carbocycles. The third-order valence-electron chi connectivity index (χ3n) is 5.99. The van der Waals surface area contributed by atoms with Gasteiger partial charge in [-0.15, -0.1) is 10.2 Å². The number of carbonyl (C=O) groups is 2. The number of hydrogen-bond acceptors (Lipinski definition) is 7. The maximum Gasteiger partial charge on any atom is 0.231 e. The second-order valence-electron chi connectivity index (χ2n) is 8.15. The van der Waals surface area contributed by atoms with Crippen LogP contribution in [0, 0.1) is 12.8 Å². The molecule has 4 rings (SSSR count). The summed E-state index contributed by atoms with van der Waals surface area (Å²) in [5.74, 6) is 0.404. The van der Waals surface area contributed by atoms with Crippen molar-refractivity contribution in [2.24, 2.45) is 5.92 Å². The van der Waals surface area contributed by atoms with E-state index in [2.05, 4.69) is 15.5 Å². The Morgan fingerprint density at radius 1 is 1.12 bits per heavy atom. The van der Waals surface area contributed by atoms with Gasteiger partial charge in [-0.05, 0) is 49.6 Å². The molecule has 1 N–H and O–H groups in total. The van der Waals surface area contributed by atoms with E-state index in [1.165, 1.54) is 11.3 Å². The lowest BCUT2D eigenvalue weighted by molar-refractivity contribution is -0.125. The van der Waals surface area contributed by atoms with E-state index < -0.39 is 12.0 Å². The van der Waals surface area contributed by atoms with Crippen LogP contribution in [0.2, 0.25) is 0 Å². The van der Waals surface area contributed by atoms with E-state index in [1.54, 1.807) is 25.2 Å². The number of piperidine rings is 1. The van der Waals surface area contributed by atoms with Crippen LogP contribution in [0.1, 0.15) is 41.9 Å². The van der Waals surface area contributed by atoms with Crippen LogP contribution in [0.15, 0.2) is 42.5 Å². The van der Waals surface area contributed by atoms with Gasteiger partial charge in [-0.2, -0.15) is 0 Å². The Morgan fingerprint density at radius 2 is 1.85 bits per heavy atom. The highest BCUT2D eigenvalue weighted by molar-refractivity contribution is 7.15. The van der Waals surface area contributed by atoms with E-state index in [9.17, 15) is 9.59 Å². The van der Waals surface area contributed by atoms with Crippen molar-refractivity contribution in [2.45, 2.75) is 39.2 Å². The molecule has 1 fully saturated rings. The van der Waals surface area contributed by atoms with Crippen LogP contribution in [-0.4, -0.2) is 36.2 Å². The molecule has 0 bridgehead atoms. The average molecular weight is 481 g/mol. The van der Waals surface area contributed by atoms with Crippen molar-refractivity contribution < 1.29 is 19.1 Å². The fourth-order valence-corrected chi connectivity index (χ4v) is 4.92. The molecule has 2 atom stereocenters. The minimum absolute atomic E-state index is 0.0307. The lowest BCUT2D eigenvalue weighted by Crippen LogP contribution is -2.47. The number of hydrogen-bond donors (Lipinski definition) is 1. The minimum atomic E-state index is -0.526. The van der Waals surface area contributed by atoms with E-state index in [0.29, 0.717) is 23.1 Å². The highest BCUT2D eigenvalue weighted by atomic mass is 32.1. The molecule has 0 saturated carbocycles. The van der Waals surface area contributed by atoms with Gasteiger partial charge in [-0.3, -0.25) is 9.59 Å². The minimum Gasteiger partial charge on any atom is -0.493 e. The quantitative estimate of drug-likeness (QED) is 0.533. The van der Waals surface area contributed by atoms with Gasteiger partial charge in [0, 0.05) is 12.1 Å². The zero-order chi connectivity index (χ0) is 24.2. The summed E-state index contributed by atoms with van der Waals surface area (Å²) < 4.78 is 10.9. The molecule has 2 aromatic carbocycles. The van der Waals surface area contributed by atoms with Gasteiger partial charge in [0.1, 0.15) is 5.01 Å². The molecule has 9 heteroatoms. The average Bonchev–Trinajstić information content (AvgIpc) is 3.31. The van der Waals surface area contributed by atoms with Gasteiger partial charge in [0.25, 0.3) is 0 Å². The van der Waals surface area contributed by atoms with Crippen molar-refractivity contribution in [3.63, 3.8) is 0 Å². The lowest BCUT2D eigenvalue weighted by atomic mass is 9.83. The van der Waals surface area contributed by atoms with Crippen molar-refractivity contribution in [2.75, 3.05) is 24.4 Å². The fraction of sp³-hybridized carbons (Fsp3) is 0.360. The summed E-state index contributed by atoms with van der Waals surface area (Å²) in [7, 11) is 3.14. The molecule has 2 heterocycles. The summed E-state index contributed by atoms with van der Waals surface area (Å²) in [6.45, 7) is 3.99. The van der Waals surface area contributed by atoms with Gasteiger partial charge in [-0.1, -0.05) is 42.0 Å². The molecule has 0 radical (unpaired) electrons. The van der Waals surface area contributed by atoms with E-state index in [0.717, 1.165) is 28.2 Å². The highest BCUT2D eigenvalue weighted by Gasteiger charge is 2.42. The smallest absolute Gasteiger partial charge is 0.231 e. The van der Waals surface area contributed by atoms with Crippen molar-refractivity contribution in [3.05, 3.63) is 58.6 Å². The third kappa shape index (κ3) is 4.75. The predicted molar refractivity (Wildman–Crippen MR) is 132 cm³/mol.